The molecule has 26 heavy (non-hydrogen) atoms. The van der Waals surface area contributed by atoms with E-state index in [2.05, 4.69) is 28.8 Å². The SMILES string of the molecule is CC(NC(=O)/C(C#N)=C\Nc1ccccc1)c1ccc2c(c1)CCCC2. The Hall–Kier alpha value is -3.06. The number of rotatable bonds is 5. The number of para-hydroxylation sites is 1. The molecule has 1 aliphatic rings. The maximum atomic E-state index is 12.4. The maximum Gasteiger partial charge on any atom is 0.263 e. The molecule has 0 spiro atoms. The van der Waals surface area contributed by atoms with Crippen LogP contribution in [0.25, 0.3) is 0 Å². The number of aryl methyl sites for hydroxylation is 2. The van der Waals surface area contributed by atoms with Crippen molar-refractivity contribution in [3.05, 3.63) is 77.0 Å². The van der Waals surface area contributed by atoms with E-state index in [-0.39, 0.29) is 17.5 Å². The highest BCUT2D eigenvalue weighted by molar-refractivity contribution is 5.97. The first-order valence-corrected chi connectivity index (χ1v) is 9.02. The number of benzene rings is 2. The van der Waals surface area contributed by atoms with Crippen LogP contribution in [0.3, 0.4) is 0 Å². The van der Waals surface area contributed by atoms with Crippen LogP contribution in [0.5, 0.6) is 0 Å². The van der Waals surface area contributed by atoms with E-state index in [1.165, 1.54) is 30.2 Å². The number of hydrogen-bond donors (Lipinski definition) is 2. The number of nitrogens with one attached hydrogen (secondary N) is 2. The third kappa shape index (κ3) is 4.31. The van der Waals surface area contributed by atoms with E-state index in [4.69, 9.17) is 0 Å². The van der Waals surface area contributed by atoms with Crippen molar-refractivity contribution in [3.63, 3.8) is 0 Å². The van der Waals surface area contributed by atoms with Crippen LogP contribution in [0.15, 0.2) is 60.3 Å². The lowest BCUT2D eigenvalue weighted by Gasteiger charge is -2.20. The molecule has 0 aliphatic heterocycles. The van der Waals surface area contributed by atoms with Gasteiger partial charge in [0.15, 0.2) is 0 Å². The van der Waals surface area contributed by atoms with Gasteiger partial charge in [0.1, 0.15) is 11.6 Å². The molecule has 2 aromatic carbocycles. The summed E-state index contributed by atoms with van der Waals surface area (Å²) >= 11 is 0. The van der Waals surface area contributed by atoms with E-state index in [1.54, 1.807) is 0 Å². The topological polar surface area (TPSA) is 64.9 Å². The van der Waals surface area contributed by atoms with Crippen molar-refractivity contribution in [2.75, 3.05) is 5.32 Å². The third-order valence-electron chi connectivity index (χ3n) is 4.74. The van der Waals surface area contributed by atoms with Gasteiger partial charge in [0.2, 0.25) is 0 Å². The Kier molecular flexibility index (Phi) is 5.70. The molecule has 4 nitrogen and oxygen atoms in total. The highest BCUT2D eigenvalue weighted by Crippen LogP contribution is 2.24. The monoisotopic (exact) mass is 345 g/mol. The van der Waals surface area contributed by atoms with Gasteiger partial charge in [-0.3, -0.25) is 4.79 Å². The van der Waals surface area contributed by atoms with Crippen LogP contribution < -0.4 is 10.6 Å². The highest BCUT2D eigenvalue weighted by Gasteiger charge is 2.16. The van der Waals surface area contributed by atoms with E-state index in [1.807, 2.05) is 43.3 Å². The molecular formula is C22H23N3O. The Balaban J connectivity index is 1.66. The van der Waals surface area contributed by atoms with Gasteiger partial charge < -0.3 is 10.6 Å². The minimum Gasteiger partial charge on any atom is -0.360 e. The molecule has 132 valence electrons. The van der Waals surface area contributed by atoms with Crippen molar-refractivity contribution >= 4 is 11.6 Å². The fourth-order valence-electron chi connectivity index (χ4n) is 3.22. The number of hydrogen-bond acceptors (Lipinski definition) is 3. The summed E-state index contributed by atoms with van der Waals surface area (Å²) in [7, 11) is 0. The molecule has 2 aromatic rings. The largest absolute Gasteiger partial charge is 0.360 e. The Bertz CT molecular complexity index is 849. The molecule has 0 fully saturated rings. The van der Waals surface area contributed by atoms with Gasteiger partial charge in [-0.1, -0.05) is 36.4 Å². The smallest absolute Gasteiger partial charge is 0.263 e. The number of anilines is 1. The predicted molar refractivity (Wildman–Crippen MR) is 103 cm³/mol. The Morgan fingerprint density at radius 2 is 1.85 bits per heavy atom. The molecule has 0 saturated heterocycles. The second-order valence-corrected chi connectivity index (χ2v) is 6.61. The van der Waals surface area contributed by atoms with Crippen molar-refractivity contribution in [1.29, 1.82) is 5.26 Å². The number of fused-ring (bicyclic) bond motifs is 1. The molecule has 4 heteroatoms. The molecular weight excluding hydrogens is 322 g/mol. The first-order chi connectivity index (χ1) is 12.7. The molecule has 0 bridgehead atoms. The normalized spacial score (nSPS) is 14.7. The van der Waals surface area contributed by atoms with Gasteiger partial charge in [-0.05, 0) is 61.4 Å². The van der Waals surface area contributed by atoms with E-state index in [9.17, 15) is 10.1 Å². The van der Waals surface area contributed by atoms with Gasteiger partial charge in [0, 0.05) is 11.9 Å². The first-order valence-electron chi connectivity index (χ1n) is 9.02. The molecule has 0 saturated carbocycles. The van der Waals surface area contributed by atoms with E-state index < -0.39 is 0 Å². The summed E-state index contributed by atoms with van der Waals surface area (Å²) in [5, 5.41) is 15.2. The van der Waals surface area contributed by atoms with Crippen molar-refractivity contribution in [1.82, 2.24) is 5.32 Å². The fraction of sp³-hybridized carbons (Fsp3) is 0.273. The minimum absolute atomic E-state index is 0.0543. The summed E-state index contributed by atoms with van der Waals surface area (Å²) in [5.41, 5.74) is 4.77. The fourth-order valence-corrected chi connectivity index (χ4v) is 3.22. The zero-order valence-corrected chi connectivity index (χ0v) is 15.0. The summed E-state index contributed by atoms with van der Waals surface area (Å²) in [6.45, 7) is 1.95. The van der Waals surface area contributed by atoms with Crippen LogP contribution in [0.2, 0.25) is 0 Å². The van der Waals surface area contributed by atoms with E-state index >= 15 is 0 Å². The third-order valence-corrected chi connectivity index (χ3v) is 4.74. The number of nitriles is 1. The lowest BCUT2D eigenvalue weighted by Crippen LogP contribution is -2.28. The lowest BCUT2D eigenvalue weighted by atomic mass is 9.89. The average molecular weight is 345 g/mol. The number of carbonyl (C=O) groups excluding carboxylic acids is 1. The van der Waals surface area contributed by atoms with Crippen LogP contribution in [-0.2, 0) is 17.6 Å². The average Bonchev–Trinajstić information content (AvgIpc) is 2.68. The van der Waals surface area contributed by atoms with E-state index in [0.717, 1.165) is 24.1 Å². The van der Waals surface area contributed by atoms with Crippen LogP contribution in [-0.4, -0.2) is 5.91 Å². The van der Waals surface area contributed by atoms with Crippen molar-refractivity contribution in [3.8, 4) is 6.07 Å². The summed E-state index contributed by atoms with van der Waals surface area (Å²) in [4.78, 5) is 12.4. The van der Waals surface area contributed by atoms with Crippen LogP contribution >= 0.6 is 0 Å². The van der Waals surface area contributed by atoms with Crippen LogP contribution in [0, 0.1) is 11.3 Å². The summed E-state index contributed by atoms with van der Waals surface area (Å²) in [6, 6.07) is 17.7. The van der Waals surface area contributed by atoms with Crippen molar-refractivity contribution < 1.29 is 4.79 Å². The number of amides is 1. The molecule has 0 heterocycles. The van der Waals surface area contributed by atoms with Gasteiger partial charge in [-0.25, -0.2) is 0 Å². The summed E-state index contributed by atoms with van der Waals surface area (Å²) < 4.78 is 0. The summed E-state index contributed by atoms with van der Waals surface area (Å²) in [5.74, 6) is -0.374. The standard InChI is InChI=1S/C22H23N3O/c1-16(18-12-11-17-7-5-6-8-19(17)13-18)25-22(26)20(14-23)15-24-21-9-3-2-4-10-21/h2-4,9-13,15-16,24H,5-8H2,1H3,(H,25,26)/b20-15-. The predicted octanol–water partition coefficient (Wildman–Crippen LogP) is 4.26. The van der Waals surface area contributed by atoms with Gasteiger partial charge in [0.25, 0.3) is 5.91 Å². The number of carbonyl (C=O) groups is 1. The second kappa shape index (κ2) is 8.35. The molecule has 1 atom stereocenters. The zero-order chi connectivity index (χ0) is 18.4. The highest BCUT2D eigenvalue weighted by atomic mass is 16.1. The first kappa shape index (κ1) is 17.8. The Morgan fingerprint density at radius 1 is 1.12 bits per heavy atom. The van der Waals surface area contributed by atoms with Crippen LogP contribution in [0.1, 0.15) is 42.5 Å². The molecule has 0 aromatic heterocycles. The Morgan fingerprint density at radius 3 is 2.58 bits per heavy atom. The quantitative estimate of drug-likeness (QED) is 0.628. The Labute approximate surface area is 154 Å². The maximum absolute atomic E-state index is 12.4. The van der Waals surface area contributed by atoms with Crippen molar-refractivity contribution in [2.45, 2.75) is 38.6 Å². The van der Waals surface area contributed by atoms with Gasteiger partial charge >= 0.3 is 0 Å². The van der Waals surface area contributed by atoms with Crippen LogP contribution in [0.4, 0.5) is 5.69 Å². The lowest BCUT2D eigenvalue weighted by molar-refractivity contribution is -0.117. The van der Waals surface area contributed by atoms with Crippen molar-refractivity contribution in [2.24, 2.45) is 0 Å². The van der Waals surface area contributed by atoms with Gasteiger partial charge in [-0.2, -0.15) is 5.26 Å². The molecule has 1 amide bonds. The molecule has 3 rings (SSSR count). The number of nitrogens with zero attached hydrogens (tertiary/aromatic N) is 1. The van der Waals surface area contributed by atoms with E-state index in [0.29, 0.717) is 0 Å². The molecule has 1 unspecified atom stereocenters. The van der Waals surface area contributed by atoms with Gasteiger partial charge in [0.05, 0.1) is 6.04 Å². The minimum atomic E-state index is -0.374. The molecule has 2 N–H and O–H groups in total. The van der Waals surface area contributed by atoms with Gasteiger partial charge in [-0.15, -0.1) is 0 Å². The molecule has 1 aliphatic carbocycles. The molecule has 0 radical (unpaired) electrons. The summed E-state index contributed by atoms with van der Waals surface area (Å²) in [6.07, 6.45) is 6.17. The zero-order valence-electron chi connectivity index (χ0n) is 15.0. The second-order valence-electron chi connectivity index (χ2n) is 6.61.